The molecular formula is C14H28N2O. The second-order valence-electron chi connectivity index (χ2n) is 5.24. The Hall–Kier alpha value is -0.570. The highest BCUT2D eigenvalue weighted by Crippen LogP contribution is 2.12. The van der Waals surface area contributed by atoms with Crippen molar-refractivity contribution in [2.75, 3.05) is 19.6 Å². The molecule has 1 heterocycles. The van der Waals surface area contributed by atoms with Crippen LogP contribution in [0.3, 0.4) is 0 Å². The molecular weight excluding hydrogens is 212 g/mol. The van der Waals surface area contributed by atoms with Crippen LogP contribution in [-0.4, -0.2) is 36.5 Å². The van der Waals surface area contributed by atoms with Crippen LogP contribution in [0, 0.1) is 5.92 Å². The van der Waals surface area contributed by atoms with Crippen molar-refractivity contribution in [2.45, 2.75) is 58.9 Å². The molecule has 100 valence electrons. The van der Waals surface area contributed by atoms with Crippen molar-refractivity contribution in [1.29, 1.82) is 0 Å². The SMILES string of the molecule is CCCCN(CC1CCCN1)C(=O)C(C)CC. The van der Waals surface area contributed by atoms with E-state index in [9.17, 15) is 4.79 Å². The first kappa shape index (κ1) is 14.5. The normalized spacial score (nSPS) is 21.5. The number of hydrogen-bond acceptors (Lipinski definition) is 2. The zero-order valence-corrected chi connectivity index (χ0v) is 11.7. The molecule has 1 N–H and O–H groups in total. The Balaban J connectivity index is 2.48. The number of nitrogens with one attached hydrogen (secondary N) is 1. The minimum atomic E-state index is 0.174. The Bertz CT molecular complexity index is 224. The van der Waals surface area contributed by atoms with Gasteiger partial charge in [-0.3, -0.25) is 4.79 Å². The average Bonchev–Trinajstić information content (AvgIpc) is 2.85. The van der Waals surface area contributed by atoms with E-state index in [4.69, 9.17) is 0 Å². The Morgan fingerprint density at radius 1 is 1.47 bits per heavy atom. The Labute approximate surface area is 106 Å². The second-order valence-corrected chi connectivity index (χ2v) is 5.24. The predicted molar refractivity (Wildman–Crippen MR) is 72.0 cm³/mol. The lowest BCUT2D eigenvalue weighted by Crippen LogP contribution is -2.43. The summed E-state index contributed by atoms with van der Waals surface area (Å²) < 4.78 is 0. The molecule has 1 rings (SSSR count). The number of unbranched alkanes of at least 4 members (excludes halogenated alkanes) is 1. The van der Waals surface area contributed by atoms with Crippen molar-refractivity contribution >= 4 is 5.91 Å². The third-order valence-corrected chi connectivity index (χ3v) is 3.73. The standard InChI is InChI=1S/C14H28N2O/c1-4-6-10-16(14(17)12(3)5-2)11-13-8-7-9-15-13/h12-13,15H,4-11H2,1-3H3. The molecule has 0 spiro atoms. The number of hydrogen-bond donors (Lipinski definition) is 1. The summed E-state index contributed by atoms with van der Waals surface area (Å²) in [5.74, 6) is 0.517. The second kappa shape index (κ2) is 7.70. The summed E-state index contributed by atoms with van der Waals surface area (Å²) in [6.45, 7) is 9.27. The van der Waals surface area contributed by atoms with E-state index in [0.717, 1.165) is 38.9 Å². The van der Waals surface area contributed by atoms with Gasteiger partial charge in [0.15, 0.2) is 0 Å². The van der Waals surface area contributed by atoms with Crippen LogP contribution in [0.2, 0.25) is 0 Å². The quantitative estimate of drug-likeness (QED) is 0.741. The average molecular weight is 240 g/mol. The van der Waals surface area contributed by atoms with Crippen molar-refractivity contribution in [1.82, 2.24) is 10.2 Å². The fourth-order valence-corrected chi connectivity index (χ4v) is 2.31. The highest BCUT2D eigenvalue weighted by molar-refractivity contribution is 5.78. The molecule has 0 saturated carbocycles. The van der Waals surface area contributed by atoms with Crippen molar-refractivity contribution in [3.8, 4) is 0 Å². The van der Waals surface area contributed by atoms with Crippen molar-refractivity contribution in [3.05, 3.63) is 0 Å². The maximum Gasteiger partial charge on any atom is 0.225 e. The molecule has 0 radical (unpaired) electrons. The summed E-state index contributed by atoms with van der Waals surface area (Å²) in [7, 11) is 0. The molecule has 0 aromatic carbocycles. The Morgan fingerprint density at radius 3 is 2.76 bits per heavy atom. The van der Waals surface area contributed by atoms with Crippen LogP contribution in [0.25, 0.3) is 0 Å². The van der Waals surface area contributed by atoms with Crippen molar-refractivity contribution < 1.29 is 4.79 Å². The molecule has 3 heteroatoms. The van der Waals surface area contributed by atoms with Crippen LogP contribution in [-0.2, 0) is 4.79 Å². The van der Waals surface area contributed by atoms with E-state index in [2.05, 4.69) is 24.1 Å². The molecule has 1 fully saturated rings. The summed E-state index contributed by atoms with van der Waals surface area (Å²) in [4.78, 5) is 14.4. The minimum absolute atomic E-state index is 0.174. The number of rotatable bonds is 7. The molecule has 2 atom stereocenters. The van der Waals surface area contributed by atoms with Gasteiger partial charge in [-0.05, 0) is 32.2 Å². The van der Waals surface area contributed by atoms with E-state index < -0.39 is 0 Å². The van der Waals surface area contributed by atoms with Gasteiger partial charge in [-0.1, -0.05) is 27.2 Å². The van der Waals surface area contributed by atoms with E-state index in [1.54, 1.807) is 0 Å². The third-order valence-electron chi connectivity index (χ3n) is 3.73. The number of amides is 1. The molecule has 3 nitrogen and oxygen atoms in total. The highest BCUT2D eigenvalue weighted by atomic mass is 16.2. The molecule has 0 aliphatic carbocycles. The van der Waals surface area contributed by atoms with E-state index >= 15 is 0 Å². The van der Waals surface area contributed by atoms with Crippen LogP contribution in [0.1, 0.15) is 52.9 Å². The van der Waals surface area contributed by atoms with Crippen LogP contribution in [0.5, 0.6) is 0 Å². The van der Waals surface area contributed by atoms with Gasteiger partial charge in [0.25, 0.3) is 0 Å². The van der Waals surface area contributed by atoms with E-state index in [0.29, 0.717) is 11.9 Å². The molecule has 0 aromatic rings. The Kier molecular flexibility index (Phi) is 6.56. The van der Waals surface area contributed by atoms with E-state index in [1.807, 2.05) is 6.92 Å². The van der Waals surface area contributed by atoms with Crippen molar-refractivity contribution in [3.63, 3.8) is 0 Å². The first-order valence-corrected chi connectivity index (χ1v) is 7.21. The van der Waals surface area contributed by atoms with Gasteiger partial charge in [-0.2, -0.15) is 0 Å². The van der Waals surface area contributed by atoms with Gasteiger partial charge in [-0.25, -0.2) is 0 Å². The topological polar surface area (TPSA) is 32.3 Å². The number of nitrogens with zero attached hydrogens (tertiary/aromatic N) is 1. The van der Waals surface area contributed by atoms with Gasteiger partial charge >= 0.3 is 0 Å². The van der Waals surface area contributed by atoms with Gasteiger partial charge in [0.05, 0.1) is 0 Å². The molecule has 17 heavy (non-hydrogen) atoms. The number of carbonyl (C=O) groups excluding carboxylic acids is 1. The van der Waals surface area contributed by atoms with Gasteiger partial charge in [0.1, 0.15) is 0 Å². The predicted octanol–water partition coefficient (Wildman–Crippen LogP) is 2.41. The first-order chi connectivity index (χ1) is 8.19. The lowest BCUT2D eigenvalue weighted by Gasteiger charge is -2.28. The Morgan fingerprint density at radius 2 is 2.24 bits per heavy atom. The van der Waals surface area contributed by atoms with Gasteiger partial charge in [0, 0.05) is 25.0 Å². The zero-order chi connectivity index (χ0) is 12.7. The summed E-state index contributed by atoms with van der Waals surface area (Å²) >= 11 is 0. The largest absolute Gasteiger partial charge is 0.341 e. The van der Waals surface area contributed by atoms with Gasteiger partial charge in [-0.15, -0.1) is 0 Å². The summed E-state index contributed by atoms with van der Waals surface area (Å²) in [5, 5.41) is 3.48. The molecule has 2 unspecified atom stereocenters. The maximum atomic E-state index is 12.3. The van der Waals surface area contributed by atoms with Crippen LogP contribution in [0.15, 0.2) is 0 Å². The zero-order valence-electron chi connectivity index (χ0n) is 11.7. The molecule has 1 aliphatic rings. The van der Waals surface area contributed by atoms with Gasteiger partial charge < -0.3 is 10.2 Å². The lowest BCUT2D eigenvalue weighted by molar-refractivity contribution is -0.135. The summed E-state index contributed by atoms with van der Waals surface area (Å²) in [5.41, 5.74) is 0. The summed E-state index contributed by atoms with van der Waals surface area (Å²) in [6, 6.07) is 0.528. The van der Waals surface area contributed by atoms with Crippen LogP contribution < -0.4 is 5.32 Å². The van der Waals surface area contributed by atoms with Gasteiger partial charge in [0.2, 0.25) is 5.91 Å². The molecule has 1 saturated heterocycles. The number of carbonyl (C=O) groups is 1. The van der Waals surface area contributed by atoms with E-state index in [-0.39, 0.29) is 5.92 Å². The van der Waals surface area contributed by atoms with E-state index in [1.165, 1.54) is 12.8 Å². The monoisotopic (exact) mass is 240 g/mol. The maximum absolute atomic E-state index is 12.3. The van der Waals surface area contributed by atoms with Crippen LogP contribution >= 0.6 is 0 Å². The smallest absolute Gasteiger partial charge is 0.225 e. The minimum Gasteiger partial charge on any atom is -0.341 e. The van der Waals surface area contributed by atoms with Crippen LogP contribution in [0.4, 0.5) is 0 Å². The lowest BCUT2D eigenvalue weighted by atomic mass is 10.1. The fourth-order valence-electron chi connectivity index (χ4n) is 2.31. The molecule has 0 bridgehead atoms. The third kappa shape index (κ3) is 4.66. The highest BCUT2D eigenvalue weighted by Gasteiger charge is 2.23. The molecule has 0 aromatic heterocycles. The molecule has 1 amide bonds. The molecule has 1 aliphatic heterocycles. The van der Waals surface area contributed by atoms with Crippen molar-refractivity contribution in [2.24, 2.45) is 5.92 Å². The fraction of sp³-hybridized carbons (Fsp3) is 0.929. The summed E-state index contributed by atoms with van der Waals surface area (Å²) in [6.07, 6.45) is 5.69. The first-order valence-electron chi connectivity index (χ1n) is 7.21.